The van der Waals surface area contributed by atoms with Crippen molar-refractivity contribution < 1.29 is 17.9 Å². The largest absolute Gasteiger partial charge is 0.406 e. The number of alkyl halides is 3. The molecule has 1 aromatic carbocycles. The minimum Gasteiger partial charge on any atom is -0.384 e. The summed E-state index contributed by atoms with van der Waals surface area (Å²) in [6.45, 7) is 4.92. The second-order valence-electron chi connectivity index (χ2n) is 9.73. The van der Waals surface area contributed by atoms with Gasteiger partial charge in [0, 0.05) is 30.8 Å². The average Bonchev–Trinajstić information content (AvgIpc) is 3.22. The fourth-order valence-corrected chi connectivity index (χ4v) is 4.30. The van der Waals surface area contributed by atoms with Gasteiger partial charge in [0.25, 0.3) is 0 Å². The maximum atomic E-state index is 13.4. The summed E-state index contributed by atoms with van der Waals surface area (Å²) in [6.07, 6.45) is -0.823. The molecule has 3 heterocycles. The monoisotopic (exact) mass is 509 g/mol. The highest BCUT2D eigenvalue weighted by Gasteiger charge is 2.30. The predicted molar refractivity (Wildman–Crippen MR) is 138 cm³/mol. The summed E-state index contributed by atoms with van der Waals surface area (Å²) < 4.78 is 46.9. The molecule has 0 unspecified atom stereocenters. The summed E-state index contributed by atoms with van der Waals surface area (Å²) in [5.41, 5.74) is 2.28. The number of hydrogen-bond donors (Lipinski definition) is 2. The number of nitriles is 1. The number of nitrogens with one attached hydrogen (secondary N) is 2. The maximum absolute atomic E-state index is 13.4. The van der Waals surface area contributed by atoms with Crippen LogP contribution in [0.15, 0.2) is 42.6 Å². The Morgan fingerprint density at radius 1 is 1.14 bits per heavy atom. The van der Waals surface area contributed by atoms with Gasteiger partial charge in [0.05, 0.1) is 46.8 Å². The Bertz CT molecular complexity index is 1320. The van der Waals surface area contributed by atoms with E-state index in [9.17, 15) is 18.4 Å². The highest BCUT2D eigenvalue weighted by atomic mass is 19.4. The van der Waals surface area contributed by atoms with Crippen molar-refractivity contribution in [3.05, 3.63) is 54.0 Å². The van der Waals surface area contributed by atoms with Crippen LogP contribution in [0.2, 0.25) is 0 Å². The van der Waals surface area contributed by atoms with E-state index in [1.54, 1.807) is 50.4 Å². The average molecular weight is 510 g/mol. The lowest BCUT2D eigenvalue weighted by Crippen LogP contribution is -2.22. The van der Waals surface area contributed by atoms with E-state index in [-0.39, 0.29) is 6.54 Å². The molecule has 3 aromatic rings. The van der Waals surface area contributed by atoms with E-state index in [1.807, 2.05) is 6.07 Å². The molecule has 2 N–H and O–H groups in total. The minimum absolute atomic E-state index is 0.227. The van der Waals surface area contributed by atoms with E-state index in [0.29, 0.717) is 28.5 Å². The smallest absolute Gasteiger partial charge is 0.384 e. The van der Waals surface area contributed by atoms with Crippen molar-refractivity contribution in [1.82, 2.24) is 9.55 Å². The molecular weight excluding hydrogens is 479 g/mol. The standard InChI is InChI=1S/C28H30F3N5O/c1-27(2,18-32)26-9-8-21(17-35-26)33-12-4-5-22-15-23-24(34-16-20-10-13-37-14-11-20)6-3-7-25(23)36(22)19-28(29,30)31/h3,6-9,15,17,20,33-34H,10-14,16,19H2,1-2H3. The van der Waals surface area contributed by atoms with Gasteiger partial charge in [0.15, 0.2) is 0 Å². The molecule has 0 atom stereocenters. The molecule has 2 aromatic heterocycles. The van der Waals surface area contributed by atoms with E-state index < -0.39 is 18.1 Å². The maximum Gasteiger partial charge on any atom is 0.406 e. The minimum atomic E-state index is -4.38. The van der Waals surface area contributed by atoms with Gasteiger partial charge in [-0.3, -0.25) is 4.98 Å². The molecular formula is C28H30F3N5O. The lowest BCUT2D eigenvalue weighted by molar-refractivity contribution is -0.140. The second kappa shape index (κ2) is 11.1. The number of benzene rings is 1. The number of anilines is 2. The summed E-state index contributed by atoms with van der Waals surface area (Å²) >= 11 is 0. The van der Waals surface area contributed by atoms with Gasteiger partial charge in [-0.1, -0.05) is 12.0 Å². The van der Waals surface area contributed by atoms with Crippen LogP contribution in [0.1, 0.15) is 38.1 Å². The number of aromatic nitrogens is 2. The van der Waals surface area contributed by atoms with E-state index >= 15 is 0 Å². The Labute approximate surface area is 214 Å². The number of nitrogens with zero attached hydrogens (tertiary/aromatic N) is 3. The molecule has 4 rings (SSSR count). The number of ether oxygens (including phenoxy) is 1. The van der Waals surface area contributed by atoms with Crippen LogP contribution in [0.5, 0.6) is 0 Å². The van der Waals surface area contributed by atoms with Gasteiger partial charge in [-0.2, -0.15) is 18.4 Å². The molecule has 1 saturated heterocycles. The Hall–Kier alpha value is -3.69. The fraction of sp³-hybridized carbons (Fsp3) is 0.429. The van der Waals surface area contributed by atoms with Crippen LogP contribution in [0, 0.1) is 29.1 Å². The van der Waals surface area contributed by atoms with Crippen LogP contribution < -0.4 is 10.6 Å². The van der Waals surface area contributed by atoms with Gasteiger partial charge >= 0.3 is 6.18 Å². The zero-order valence-electron chi connectivity index (χ0n) is 21.0. The van der Waals surface area contributed by atoms with Crippen LogP contribution in [0.3, 0.4) is 0 Å². The molecule has 1 aliphatic heterocycles. The highest BCUT2D eigenvalue weighted by molar-refractivity contribution is 5.94. The molecule has 9 heteroatoms. The highest BCUT2D eigenvalue weighted by Crippen LogP contribution is 2.30. The third kappa shape index (κ3) is 6.75. The normalized spacial score (nSPS) is 14.6. The van der Waals surface area contributed by atoms with Crippen molar-refractivity contribution in [2.45, 2.75) is 44.8 Å². The summed E-state index contributed by atoms with van der Waals surface area (Å²) in [6, 6.07) is 12.9. The van der Waals surface area contributed by atoms with Crippen LogP contribution in [0.4, 0.5) is 24.5 Å². The molecule has 0 aliphatic carbocycles. The van der Waals surface area contributed by atoms with Crippen molar-refractivity contribution in [3.63, 3.8) is 0 Å². The molecule has 0 amide bonds. The third-order valence-corrected chi connectivity index (χ3v) is 6.49. The van der Waals surface area contributed by atoms with E-state index in [1.165, 1.54) is 4.57 Å². The Morgan fingerprint density at radius 3 is 2.59 bits per heavy atom. The van der Waals surface area contributed by atoms with Crippen molar-refractivity contribution in [2.75, 3.05) is 36.9 Å². The third-order valence-electron chi connectivity index (χ3n) is 6.49. The first-order chi connectivity index (χ1) is 17.7. The molecule has 1 fully saturated rings. The summed E-state index contributed by atoms with van der Waals surface area (Å²) in [5, 5.41) is 16.5. The second-order valence-corrected chi connectivity index (χ2v) is 9.73. The first-order valence-electron chi connectivity index (χ1n) is 12.3. The number of hydrogen-bond acceptors (Lipinski definition) is 5. The van der Waals surface area contributed by atoms with Gasteiger partial charge in [-0.05, 0) is 68.9 Å². The van der Waals surface area contributed by atoms with Gasteiger partial charge < -0.3 is 19.9 Å². The molecule has 0 radical (unpaired) electrons. The van der Waals surface area contributed by atoms with Crippen molar-refractivity contribution in [2.24, 2.45) is 5.92 Å². The fourth-order valence-electron chi connectivity index (χ4n) is 4.30. The van der Waals surface area contributed by atoms with Gasteiger partial charge in [-0.15, -0.1) is 0 Å². The number of rotatable bonds is 7. The topological polar surface area (TPSA) is 74.9 Å². The van der Waals surface area contributed by atoms with E-state index in [2.05, 4.69) is 33.5 Å². The molecule has 0 saturated carbocycles. The molecule has 0 spiro atoms. The van der Waals surface area contributed by atoms with Crippen LogP contribution in [0.25, 0.3) is 10.9 Å². The van der Waals surface area contributed by atoms with Gasteiger partial charge in [0.1, 0.15) is 6.54 Å². The lowest BCUT2D eigenvalue weighted by atomic mass is 9.91. The van der Waals surface area contributed by atoms with Crippen molar-refractivity contribution in [3.8, 4) is 17.9 Å². The zero-order chi connectivity index (χ0) is 26.5. The van der Waals surface area contributed by atoms with E-state index in [4.69, 9.17) is 4.74 Å². The Balaban J connectivity index is 1.52. The summed E-state index contributed by atoms with van der Waals surface area (Å²) in [7, 11) is 0. The summed E-state index contributed by atoms with van der Waals surface area (Å²) in [5.74, 6) is 6.32. The number of halogens is 3. The number of fused-ring (bicyclic) bond motifs is 1. The van der Waals surface area contributed by atoms with Crippen molar-refractivity contribution in [1.29, 1.82) is 5.26 Å². The van der Waals surface area contributed by atoms with Gasteiger partial charge in [0.2, 0.25) is 0 Å². The number of pyridine rings is 1. The molecule has 0 bridgehead atoms. The van der Waals surface area contributed by atoms with Crippen LogP contribution in [-0.4, -0.2) is 42.0 Å². The molecule has 37 heavy (non-hydrogen) atoms. The Morgan fingerprint density at radius 2 is 1.92 bits per heavy atom. The first kappa shape index (κ1) is 26.4. The SMILES string of the molecule is CC(C)(C#N)c1ccc(NCC#Cc2cc3c(NCC4CCOCC4)cccc3n2CC(F)(F)F)cn1. The first-order valence-corrected chi connectivity index (χ1v) is 12.3. The molecule has 1 aliphatic rings. The van der Waals surface area contributed by atoms with Gasteiger partial charge in [-0.25, -0.2) is 0 Å². The predicted octanol–water partition coefficient (Wildman–Crippen LogP) is 5.70. The van der Waals surface area contributed by atoms with E-state index in [0.717, 1.165) is 43.7 Å². The molecule has 6 nitrogen and oxygen atoms in total. The van der Waals surface area contributed by atoms with Crippen LogP contribution in [-0.2, 0) is 16.7 Å². The molecule has 194 valence electrons. The van der Waals surface area contributed by atoms with Crippen LogP contribution >= 0.6 is 0 Å². The summed E-state index contributed by atoms with van der Waals surface area (Å²) in [4.78, 5) is 4.33. The zero-order valence-corrected chi connectivity index (χ0v) is 21.0. The quantitative estimate of drug-likeness (QED) is 0.400. The lowest BCUT2D eigenvalue weighted by Gasteiger charge is -2.22. The van der Waals surface area contributed by atoms with Crippen molar-refractivity contribution >= 4 is 22.3 Å². The Kier molecular flexibility index (Phi) is 7.94.